The zero-order chi connectivity index (χ0) is 20.2. The minimum atomic E-state index is -1.76. The minimum absolute atomic E-state index is 0.146. The number of hydrogen-bond donors (Lipinski definition) is 1. The zero-order valence-electron chi connectivity index (χ0n) is 14.6. The maximum absolute atomic E-state index is 13.4. The first-order valence-electron chi connectivity index (χ1n) is 7.88. The number of alkyl halides is 5. The topological polar surface area (TPSA) is 56.2 Å². The van der Waals surface area contributed by atoms with Gasteiger partial charge in [-0.1, -0.05) is 53.0 Å². The molecule has 10 heteroatoms. The van der Waals surface area contributed by atoms with Crippen LogP contribution in [0.4, 0.5) is 19.4 Å². The summed E-state index contributed by atoms with van der Waals surface area (Å²) in [6.45, 7) is 0.867. The predicted molar refractivity (Wildman–Crippen MR) is 103 cm³/mol. The van der Waals surface area contributed by atoms with Crippen LogP contribution < -0.4 is 5.32 Å². The van der Waals surface area contributed by atoms with Gasteiger partial charge in [0, 0.05) is 6.07 Å². The molecular weight excluding hydrogens is 423 g/mol. The largest absolute Gasteiger partial charge is 0.445 e. The SMILES string of the molecule is Cc1ccccc1-n1nc(C(C)(CF)CF)cc1NC(=O)OCC(Cl)(Cl)Cl. The van der Waals surface area contributed by atoms with Crippen LogP contribution in [0.3, 0.4) is 0 Å². The first-order valence-corrected chi connectivity index (χ1v) is 9.02. The van der Waals surface area contributed by atoms with Gasteiger partial charge in [0.2, 0.25) is 3.79 Å². The zero-order valence-corrected chi connectivity index (χ0v) is 16.9. The Hall–Kier alpha value is -1.57. The number of amides is 1. The average Bonchev–Trinajstić information content (AvgIpc) is 3.03. The summed E-state index contributed by atoms with van der Waals surface area (Å²) >= 11 is 16.7. The summed E-state index contributed by atoms with van der Waals surface area (Å²) in [6, 6.07) is 8.59. The van der Waals surface area contributed by atoms with Crippen LogP contribution >= 0.6 is 34.8 Å². The summed E-state index contributed by atoms with van der Waals surface area (Å²) < 4.78 is 31.3. The van der Waals surface area contributed by atoms with E-state index in [0.717, 1.165) is 5.56 Å². The van der Waals surface area contributed by atoms with Gasteiger partial charge in [-0.15, -0.1) is 0 Å². The van der Waals surface area contributed by atoms with Gasteiger partial charge >= 0.3 is 6.09 Å². The molecule has 5 nitrogen and oxygen atoms in total. The number of carbonyl (C=O) groups excluding carboxylic acids is 1. The van der Waals surface area contributed by atoms with E-state index < -0.39 is 35.3 Å². The molecule has 0 saturated heterocycles. The number of aromatic nitrogens is 2. The van der Waals surface area contributed by atoms with Gasteiger partial charge in [0.05, 0.1) is 16.8 Å². The Bertz CT molecular complexity index is 805. The molecule has 0 atom stereocenters. The Balaban J connectivity index is 2.41. The second kappa shape index (κ2) is 8.63. The van der Waals surface area contributed by atoms with E-state index in [2.05, 4.69) is 10.4 Å². The van der Waals surface area contributed by atoms with Crippen molar-refractivity contribution in [3.8, 4) is 5.69 Å². The molecule has 1 aromatic carbocycles. The van der Waals surface area contributed by atoms with Gasteiger partial charge in [-0.2, -0.15) is 5.10 Å². The summed E-state index contributed by atoms with van der Waals surface area (Å²) in [5.41, 5.74) is 0.172. The number of anilines is 1. The number of nitrogens with one attached hydrogen (secondary N) is 1. The molecule has 0 saturated carbocycles. The highest BCUT2D eigenvalue weighted by atomic mass is 35.6. The molecule has 1 N–H and O–H groups in total. The van der Waals surface area contributed by atoms with Crippen LogP contribution in [-0.4, -0.2) is 39.6 Å². The van der Waals surface area contributed by atoms with Crippen molar-refractivity contribution in [3.05, 3.63) is 41.6 Å². The van der Waals surface area contributed by atoms with Gasteiger partial charge in [0.1, 0.15) is 25.8 Å². The van der Waals surface area contributed by atoms with E-state index in [-0.39, 0.29) is 11.5 Å². The van der Waals surface area contributed by atoms with E-state index in [1.807, 2.05) is 19.1 Å². The van der Waals surface area contributed by atoms with E-state index in [0.29, 0.717) is 5.69 Å². The number of carbonyl (C=O) groups is 1. The molecule has 0 fully saturated rings. The van der Waals surface area contributed by atoms with Crippen molar-refractivity contribution in [1.29, 1.82) is 0 Å². The molecule has 0 aliphatic rings. The lowest BCUT2D eigenvalue weighted by Gasteiger charge is -2.19. The monoisotopic (exact) mass is 439 g/mol. The quantitative estimate of drug-likeness (QED) is 0.621. The number of benzene rings is 1. The van der Waals surface area contributed by atoms with Crippen molar-refractivity contribution in [2.24, 2.45) is 0 Å². The van der Waals surface area contributed by atoms with Crippen molar-refractivity contribution < 1.29 is 18.3 Å². The van der Waals surface area contributed by atoms with Gasteiger partial charge in [0.25, 0.3) is 0 Å². The molecule has 1 amide bonds. The first kappa shape index (κ1) is 21.7. The Morgan fingerprint density at radius 3 is 2.44 bits per heavy atom. The van der Waals surface area contributed by atoms with Gasteiger partial charge in [0.15, 0.2) is 0 Å². The third-order valence-corrected chi connectivity index (χ3v) is 4.19. The lowest BCUT2D eigenvalue weighted by Crippen LogP contribution is -2.28. The third kappa shape index (κ3) is 5.46. The van der Waals surface area contributed by atoms with Gasteiger partial charge in [-0.25, -0.2) is 18.3 Å². The highest BCUT2D eigenvalue weighted by molar-refractivity contribution is 6.67. The fourth-order valence-electron chi connectivity index (χ4n) is 2.21. The van der Waals surface area contributed by atoms with Crippen molar-refractivity contribution >= 4 is 46.7 Å². The van der Waals surface area contributed by atoms with Gasteiger partial charge < -0.3 is 4.74 Å². The molecule has 0 unspecified atom stereocenters. The maximum atomic E-state index is 13.4. The second-order valence-electron chi connectivity index (χ2n) is 6.26. The molecule has 1 heterocycles. The molecule has 0 radical (unpaired) electrons. The number of rotatable bonds is 6. The predicted octanol–water partition coefficient (Wildman–Crippen LogP) is 5.30. The van der Waals surface area contributed by atoms with E-state index in [1.165, 1.54) is 17.7 Å². The van der Waals surface area contributed by atoms with E-state index in [1.54, 1.807) is 12.1 Å². The number of nitrogens with zero attached hydrogens (tertiary/aromatic N) is 2. The minimum Gasteiger partial charge on any atom is -0.445 e. The molecule has 0 bridgehead atoms. The summed E-state index contributed by atoms with van der Waals surface area (Å²) in [5, 5.41) is 6.77. The number of para-hydroxylation sites is 1. The van der Waals surface area contributed by atoms with Crippen LogP contribution in [0.2, 0.25) is 0 Å². The Morgan fingerprint density at radius 1 is 1.26 bits per heavy atom. The fourth-order valence-corrected chi connectivity index (χ4v) is 2.37. The lowest BCUT2D eigenvalue weighted by molar-refractivity contribution is 0.163. The van der Waals surface area contributed by atoms with Crippen LogP contribution in [-0.2, 0) is 10.2 Å². The Kier molecular flexibility index (Phi) is 6.94. The van der Waals surface area contributed by atoms with E-state index >= 15 is 0 Å². The molecule has 27 heavy (non-hydrogen) atoms. The van der Waals surface area contributed by atoms with Crippen molar-refractivity contribution in [1.82, 2.24) is 9.78 Å². The summed E-state index contributed by atoms with van der Waals surface area (Å²) in [6.07, 6.45) is -0.898. The van der Waals surface area contributed by atoms with Gasteiger partial charge in [-0.3, -0.25) is 5.32 Å². The summed E-state index contributed by atoms with van der Waals surface area (Å²) in [4.78, 5) is 12.0. The molecule has 0 spiro atoms. The lowest BCUT2D eigenvalue weighted by atomic mass is 9.90. The first-order chi connectivity index (χ1) is 12.6. The van der Waals surface area contributed by atoms with Crippen molar-refractivity contribution in [3.63, 3.8) is 0 Å². The molecule has 0 aliphatic heterocycles. The van der Waals surface area contributed by atoms with E-state index in [9.17, 15) is 13.6 Å². The molecule has 1 aromatic heterocycles. The Labute approximate surface area is 170 Å². The van der Waals surface area contributed by atoms with Crippen molar-refractivity contribution in [2.75, 3.05) is 25.3 Å². The number of aryl methyl sites for hydroxylation is 1. The standard InChI is InChI=1S/C17H18Cl3F2N3O2/c1-11-5-3-4-6-12(11)25-14(23-15(26)27-10-17(18,19)20)7-13(24-25)16(2,8-21)9-22/h3-7H,8-10H2,1-2H3,(H,23,26). The molecule has 148 valence electrons. The summed E-state index contributed by atoms with van der Waals surface area (Å²) in [5.74, 6) is 0.168. The van der Waals surface area contributed by atoms with Crippen LogP contribution in [0, 0.1) is 6.92 Å². The van der Waals surface area contributed by atoms with Crippen LogP contribution in [0.1, 0.15) is 18.2 Å². The van der Waals surface area contributed by atoms with Crippen LogP contribution in [0.5, 0.6) is 0 Å². The van der Waals surface area contributed by atoms with Gasteiger partial charge in [-0.05, 0) is 25.5 Å². The molecular formula is C17H18Cl3F2N3O2. The normalized spacial score (nSPS) is 12.1. The number of ether oxygens (including phenoxy) is 1. The third-order valence-electron chi connectivity index (χ3n) is 3.86. The van der Waals surface area contributed by atoms with E-state index in [4.69, 9.17) is 39.5 Å². The van der Waals surface area contributed by atoms with Crippen LogP contribution in [0.25, 0.3) is 5.69 Å². The number of halogens is 5. The molecule has 2 rings (SSSR count). The summed E-state index contributed by atoms with van der Waals surface area (Å²) in [7, 11) is 0. The van der Waals surface area contributed by atoms with Crippen molar-refractivity contribution in [2.45, 2.75) is 23.1 Å². The van der Waals surface area contributed by atoms with Crippen LogP contribution in [0.15, 0.2) is 30.3 Å². The highest BCUT2D eigenvalue weighted by Crippen LogP contribution is 2.30. The maximum Gasteiger partial charge on any atom is 0.412 e. The molecule has 0 aliphatic carbocycles. The smallest absolute Gasteiger partial charge is 0.412 e. The second-order valence-corrected chi connectivity index (χ2v) is 8.77. The average molecular weight is 441 g/mol. The molecule has 2 aromatic rings. The number of hydrogen-bond acceptors (Lipinski definition) is 3. The Morgan fingerprint density at radius 2 is 1.89 bits per heavy atom. The highest BCUT2D eigenvalue weighted by Gasteiger charge is 2.32. The fraction of sp³-hybridized carbons (Fsp3) is 0.412.